The van der Waals surface area contributed by atoms with Crippen molar-refractivity contribution in [2.75, 3.05) is 32.7 Å². The maximum Gasteiger partial charge on any atom is 0.244 e. The predicted molar refractivity (Wildman–Crippen MR) is 88.6 cm³/mol. The predicted octanol–water partition coefficient (Wildman–Crippen LogP) is 2.17. The molecule has 0 aliphatic carbocycles. The summed E-state index contributed by atoms with van der Waals surface area (Å²) in [5, 5.41) is 3.50. The van der Waals surface area contributed by atoms with Crippen LogP contribution in [0.4, 0.5) is 4.39 Å². The molecule has 1 N–H and O–H groups in total. The van der Waals surface area contributed by atoms with Gasteiger partial charge >= 0.3 is 0 Å². The number of piperazine rings is 1. The van der Waals surface area contributed by atoms with Crippen LogP contribution in [0.25, 0.3) is 0 Å². The van der Waals surface area contributed by atoms with E-state index in [9.17, 15) is 9.18 Å². The second kappa shape index (κ2) is 7.41. The van der Waals surface area contributed by atoms with Crippen LogP contribution in [0.2, 0.25) is 0 Å². The van der Waals surface area contributed by atoms with Crippen LogP contribution in [0.15, 0.2) is 24.3 Å². The fourth-order valence-corrected chi connectivity index (χ4v) is 3.62. The van der Waals surface area contributed by atoms with E-state index in [1.54, 1.807) is 12.1 Å². The lowest BCUT2D eigenvalue weighted by Crippen LogP contribution is -2.54. The van der Waals surface area contributed by atoms with E-state index in [2.05, 4.69) is 17.1 Å². The molecule has 0 radical (unpaired) electrons. The summed E-state index contributed by atoms with van der Waals surface area (Å²) in [6, 6.07) is 6.56. The minimum atomic E-state index is -0.287. The Balaban J connectivity index is 1.85. The van der Waals surface area contributed by atoms with E-state index in [1.165, 1.54) is 12.1 Å². The molecule has 4 nitrogen and oxygen atoms in total. The van der Waals surface area contributed by atoms with Crippen LogP contribution >= 0.6 is 0 Å². The van der Waals surface area contributed by atoms with Gasteiger partial charge in [-0.2, -0.15) is 0 Å². The Morgan fingerprint density at radius 1 is 1.26 bits per heavy atom. The summed E-state index contributed by atoms with van der Waals surface area (Å²) < 4.78 is 13.3. The number of benzene rings is 1. The van der Waals surface area contributed by atoms with Crippen LogP contribution in [0, 0.1) is 5.82 Å². The number of carbonyl (C=O) groups is 1. The molecule has 23 heavy (non-hydrogen) atoms. The number of hydrogen-bond acceptors (Lipinski definition) is 3. The molecule has 126 valence electrons. The van der Waals surface area contributed by atoms with E-state index in [0.717, 1.165) is 57.5 Å². The molecular weight excluding hydrogens is 293 g/mol. The SMILES string of the molecule is CCC1CN(C(C(=O)N2CCCC2)c2ccc(F)cc2)CCN1. The highest BCUT2D eigenvalue weighted by Gasteiger charge is 2.34. The van der Waals surface area contributed by atoms with Crippen molar-refractivity contribution in [3.05, 3.63) is 35.6 Å². The van der Waals surface area contributed by atoms with Gasteiger partial charge in [0, 0.05) is 38.8 Å². The summed E-state index contributed by atoms with van der Waals surface area (Å²) in [5.41, 5.74) is 0.903. The van der Waals surface area contributed by atoms with Crippen LogP contribution < -0.4 is 5.32 Å². The molecule has 2 heterocycles. The average molecular weight is 319 g/mol. The Kier molecular flexibility index (Phi) is 5.28. The molecule has 1 aromatic carbocycles. The zero-order valence-corrected chi connectivity index (χ0v) is 13.8. The molecule has 0 spiro atoms. The van der Waals surface area contributed by atoms with Crippen molar-refractivity contribution in [2.45, 2.75) is 38.3 Å². The molecule has 2 fully saturated rings. The van der Waals surface area contributed by atoms with E-state index in [-0.39, 0.29) is 17.8 Å². The second-order valence-corrected chi connectivity index (χ2v) is 6.54. The van der Waals surface area contributed by atoms with E-state index >= 15 is 0 Å². The first kappa shape index (κ1) is 16.4. The maximum atomic E-state index is 13.3. The Hall–Kier alpha value is -1.46. The number of halogens is 1. The monoisotopic (exact) mass is 319 g/mol. The lowest BCUT2D eigenvalue weighted by Gasteiger charge is -2.39. The smallest absolute Gasteiger partial charge is 0.244 e. The Bertz CT molecular complexity index is 528. The number of likely N-dealkylation sites (tertiary alicyclic amines) is 1. The quantitative estimate of drug-likeness (QED) is 0.924. The van der Waals surface area contributed by atoms with E-state index in [1.807, 2.05) is 4.90 Å². The maximum absolute atomic E-state index is 13.3. The molecule has 1 amide bonds. The number of hydrogen-bond donors (Lipinski definition) is 1. The Morgan fingerprint density at radius 3 is 2.61 bits per heavy atom. The first-order valence-electron chi connectivity index (χ1n) is 8.70. The minimum absolute atomic E-state index is 0.172. The molecule has 2 unspecified atom stereocenters. The summed E-state index contributed by atoms with van der Waals surface area (Å²) in [4.78, 5) is 17.3. The molecule has 5 heteroatoms. The summed E-state index contributed by atoms with van der Waals surface area (Å²) in [5.74, 6) is -0.0845. The van der Waals surface area contributed by atoms with Crippen molar-refractivity contribution < 1.29 is 9.18 Å². The van der Waals surface area contributed by atoms with Gasteiger partial charge in [0.2, 0.25) is 5.91 Å². The second-order valence-electron chi connectivity index (χ2n) is 6.54. The highest BCUT2D eigenvalue weighted by molar-refractivity contribution is 5.83. The third-order valence-electron chi connectivity index (χ3n) is 4.98. The van der Waals surface area contributed by atoms with Gasteiger partial charge in [-0.1, -0.05) is 19.1 Å². The van der Waals surface area contributed by atoms with Crippen molar-refractivity contribution in [3.8, 4) is 0 Å². The first-order valence-corrected chi connectivity index (χ1v) is 8.70. The minimum Gasteiger partial charge on any atom is -0.341 e. The number of nitrogens with one attached hydrogen (secondary N) is 1. The van der Waals surface area contributed by atoms with Gasteiger partial charge in [0.25, 0.3) is 0 Å². The zero-order valence-electron chi connectivity index (χ0n) is 13.8. The molecule has 0 bridgehead atoms. The highest BCUT2D eigenvalue weighted by atomic mass is 19.1. The molecule has 2 saturated heterocycles. The van der Waals surface area contributed by atoms with Gasteiger partial charge in [-0.15, -0.1) is 0 Å². The normalized spacial score (nSPS) is 23.9. The van der Waals surface area contributed by atoms with Crippen LogP contribution in [0.1, 0.15) is 37.8 Å². The van der Waals surface area contributed by atoms with Crippen molar-refractivity contribution in [3.63, 3.8) is 0 Å². The zero-order chi connectivity index (χ0) is 16.2. The van der Waals surface area contributed by atoms with Gasteiger partial charge in [-0.05, 0) is 37.0 Å². The van der Waals surface area contributed by atoms with Crippen molar-refractivity contribution in [1.82, 2.24) is 15.1 Å². The van der Waals surface area contributed by atoms with E-state index in [4.69, 9.17) is 0 Å². The summed E-state index contributed by atoms with van der Waals surface area (Å²) in [6.45, 7) is 6.45. The molecule has 1 aromatic rings. The first-order chi connectivity index (χ1) is 11.2. The molecule has 2 aliphatic rings. The van der Waals surface area contributed by atoms with Gasteiger partial charge in [-0.25, -0.2) is 4.39 Å². The highest BCUT2D eigenvalue weighted by Crippen LogP contribution is 2.27. The largest absolute Gasteiger partial charge is 0.341 e. The molecule has 0 saturated carbocycles. The number of carbonyl (C=O) groups excluding carboxylic acids is 1. The third-order valence-corrected chi connectivity index (χ3v) is 4.98. The van der Waals surface area contributed by atoms with Gasteiger partial charge in [0.15, 0.2) is 0 Å². The summed E-state index contributed by atoms with van der Waals surface area (Å²) in [6.07, 6.45) is 3.21. The molecule has 3 rings (SSSR count). The fraction of sp³-hybridized carbons (Fsp3) is 0.611. The van der Waals surface area contributed by atoms with Crippen molar-refractivity contribution >= 4 is 5.91 Å². The topological polar surface area (TPSA) is 35.6 Å². The third kappa shape index (κ3) is 3.72. The van der Waals surface area contributed by atoms with Crippen LogP contribution in [-0.4, -0.2) is 54.5 Å². The fourth-order valence-electron chi connectivity index (χ4n) is 3.62. The van der Waals surface area contributed by atoms with Gasteiger partial charge in [0.05, 0.1) is 0 Å². The molecule has 0 aromatic heterocycles. The Labute approximate surface area is 137 Å². The number of rotatable bonds is 4. The standard InChI is InChI=1S/C18H26FN3O/c1-2-16-13-22(12-9-20-16)17(14-5-7-15(19)8-6-14)18(23)21-10-3-4-11-21/h5-8,16-17,20H,2-4,9-13H2,1H3. The molecular formula is C18H26FN3O. The van der Waals surface area contributed by atoms with Gasteiger partial charge in [-0.3, -0.25) is 9.69 Å². The average Bonchev–Trinajstić information content (AvgIpc) is 3.11. The Morgan fingerprint density at radius 2 is 1.96 bits per heavy atom. The van der Waals surface area contributed by atoms with Crippen molar-refractivity contribution in [1.29, 1.82) is 0 Å². The summed E-state index contributed by atoms with van der Waals surface area (Å²) in [7, 11) is 0. The van der Waals surface area contributed by atoms with Gasteiger partial charge < -0.3 is 10.2 Å². The van der Waals surface area contributed by atoms with Crippen LogP contribution in [-0.2, 0) is 4.79 Å². The molecule has 2 aliphatic heterocycles. The number of nitrogens with zero attached hydrogens (tertiary/aromatic N) is 2. The van der Waals surface area contributed by atoms with E-state index in [0.29, 0.717) is 6.04 Å². The van der Waals surface area contributed by atoms with Crippen LogP contribution in [0.3, 0.4) is 0 Å². The summed E-state index contributed by atoms with van der Waals surface area (Å²) >= 11 is 0. The lowest BCUT2D eigenvalue weighted by molar-refractivity contribution is -0.136. The van der Waals surface area contributed by atoms with Gasteiger partial charge in [0.1, 0.15) is 11.9 Å². The van der Waals surface area contributed by atoms with Crippen LogP contribution in [0.5, 0.6) is 0 Å². The molecule has 2 atom stereocenters. The lowest BCUT2D eigenvalue weighted by atomic mass is 10.0. The number of amides is 1. The van der Waals surface area contributed by atoms with E-state index < -0.39 is 0 Å². The van der Waals surface area contributed by atoms with Crippen molar-refractivity contribution in [2.24, 2.45) is 0 Å².